The van der Waals surface area contributed by atoms with E-state index in [-0.39, 0.29) is 0 Å². The largest absolute Gasteiger partial charge is 0.504 e. The highest BCUT2D eigenvalue weighted by Crippen LogP contribution is 2.60. The predicted octanol–water partition coefficient (Wildman–Crippen LogP) is 15.0. The molecule has 0 aromatic heterocycles. The zero-order valence-electron chi connectivity index (χ0n) is 37.9. The summed E-state index contributed by atoms with van der Waals surface area (Å²) in [7, 11) is 1.79. The monoisotopic (exact) mass is 795 g/mol. The molecule has 4 aromatic carbocycles. The van der Waals surface area contributed by atoms with Crippen molar-refractivity contribution in [1.29, 1.82) is 0 Å². The summed E-state index contributed by atoms with van der Waals surface area (Å²) in [4.78, 5) is 0. The minimum absolute atomic E-state index is 0.351. The number of aromatic hydroxyl groups is 1. The number of allylic oxidation sites excluding steroid dienone is 4. The second-order valence-electron chi connectivity index (χ2n) is 19.1. The van der Waals surface area contributed by atoms with Gasteiger partial charge in [-0.05, 0) is 160 Å². The summed E-state index contributed by atoms with van der Waals surface area (Å²) in [6.07, 6.45) is 12.2. The molecular weight excluding hydrogens is 725 g/mol. The fourth-order valence-corrected chi connectivity index (χ4v) is 11.6. The maximum Gasteiger partial charge on any atom is 0.165 e. The van der Waals surface area contributed by atoms with E-state index in [1.807, 2.05) is 24.3 Å². The van der Waals surface area contributed by atoms with Crippen molar-refractivity contribution in [2.24, 2.45) is 11.8 Å². The van der Waals surface area contributed by atoms with Crippen LogP contribution in [-0.4, -0.2) is 12.2 Å². The van der Waals surface area contributed by atoms with E-state index in [2.05, 4.69) is 118 Å². The fourth-order valence-electron chi connectivity index (χ4n) is 11.6. The van der Waals surface area contributed by atoms with Crippen molar-refractivity contribution in [1.82, 2.24) is 0 Å². The van der Waals surface area contributed by atoms with E-state index in [0.29, 0.717) is 66.3 Å². The number of hydrogen-bond donors (Lipinski definition) is 1. The summed E-state index contributed by atoms with van der Waals surface area (Å²) >= 11 is 0. The molecule has 0 heterocycles. The second kappa shape index (κ2) is 18.0. The summed E-state index contributed by atoms with van der Waals surface area (Å²) in [6.45, 7) is 23.7. The molecule has 0 bridgehead atoms. The van der Waals surface area contributed by atoms with Gasteiger partial charge in [0.05, 0.1) is 7.11 Å². The Labute approximate surface area is 356 Å². The highest BCUT2D eigenvalue weighted by atomic mass is 16.5. The van der Waals surface area contributed by atoms with Gasteiger partial charge in [-0.15, -0.1) is 0 Å². The first-order chi connectivity index (χ1) is 28.3. The van der Waals surface area contributed by atoms with Gasteiger partial charge < -0.3 is 19.3 Å². The number of phenols is 1. The maximum atomic E-state index is 11.2. The Kier molecular flexibility index (Phi) is 13.0. The molecular formula is C55H70O4. The van der Waals surface area contributed by atoms with Crippen molar-refractivity contribution in [3.05, 3.63) is 140 Å². The molecule has 59 heavy (non-hydrogen) atoms. The van der Waals surface area contributed by atoms with Gasteiger partial charge in [-0.3, -0.25) is 0 Å². The van der Waals surface area contributed by atoms with Crippen LogP contribution in [0, 0.1) is 25.7 Å². The van der Waals surface area contributed by atoms with Gasteiger partial charge in [0.2, 0.25) is 0 Å². The molecule has 0 aliphatic heterocycles. The van der Waals surface area contributed by atoms with Crippen LogP contribution < -0.4 is 14.2 Å². The van der Waals surface area contributed by atoms with Gasteiger partial charge in [0, 0.05) is 23.0 Å². The standard InChI is InChI=1S/C28H36O2.C27H34O2/c1-17(2)14-22-15-19(4)23-13-12-18(3)24-26(23)25(22)20(5)27(29-6)28(24)30-16-21-10-8-7-9-11-21;1-16(2)13-21-14-18(4)22-12-11-17(3)23-25(22)24(21)19(5)26(28)27(23)29-15-20-9-7-6-8-10-20/h7-11,14,18-19,22-23H,12-13,15-16H2,1-6H3;6-10,13,17-18,21-22,28H,11-12,14-15H2,1-5H3/t18-,19-,22+,23+;17-,18-,21+,22+/m00/s1. The van der Waals surface area contributed by atoms with Crippen LogP contribution in [0.3, 0.4) is 0 Å². The molecule has 0 spiro atoms. The lowest BCUT2D eigenvalue weighted by Crippen LogP contribution is -2.28. The molecule has 314 valence electrons. The molecule has 4 aliphatic carbocycles. The average molecular weight is 795 g/mol. The first kappa shape index (κ1) is 42.7. The van der Waals surface area contributed by atoms with Gasteiger partial charge in [-0.2, -0.15) is 0 Å². The fraction of sp³-hybridized carbons (Fsp3) is 0.491. The highest BCUT2D eigenvalue weighted by molar-refractivity contribution is 5.66. The normalized spacial score (nSPS) is 25.0. The van der Waals surface area contributed by atoms with Crippen molar-refractivity contribution >= 4 is 0 Å². The molecule has 4 aromatic rings. The van der Waals surface area contributed by atoms with Crippen LogP contribution in [0.5, 0.6) is 23.0 Å². The van der Waals surface area contributed by atoms with Crippen LogP contribution in [-0.2, 0) is 13.2 Å². The van der Waals surface area contributed by atoms with Gasteiger partial charge in [0.15, 0.2) is 23.0 Å². The molecule has 0 unspecified atom stereocenters. The number of benzene rings is 4. The lowest BCUT2D eigenvalue weighted by Gasteiger charge is -2.43. The smallest absolute Gasteiger partial charge is 0.165 e. The quantitative estimate of drug-likeness (QED) is 0.171. The first-order valence-corrected chi connectivity index (χ1v) is 22.6. The van der Waals surface area contributed by atoms with Gasteiger partial charge in [0.25, 0.3) is 0 Å². The van der Waals surface area contributed by atoms with Crippen LogP contribution in [0.15, 0.2) is 84.0 Å². The first-order valence-electron chi connectivity index (χ1n) is 22.6. The average Bonchev–Trinajstić information content (AvgIpc) is 3.20. The minimum atomic E-state index is 0.351. The summed E-state index contributed by atoms with van der Waals surface area (Å²) in [5.74, 6) is 7.33. The van der Waals surface area contributed by atoms with E-state index in [1.165, 1.54) is 88.6 Å². The summed E-state index contributed by atoms with van der Waals surface area (Å²) < 4.78 is 18.9. The second-order valence-corrected chi connectivity index (χ2v) is 19.1. The molecule has 0 amide bonds. The van der Waals surface area contributed by atoms with E-state index >= 15 is 0 Å². The van der Waals surface area contributed by atoms with Crippen LogP contribution in [0.25, 0.3) is 0 Å². The third-order valence-corrected chi connectivity index (χ3v) is 14.2. The Hall–Kier alpha value is -4.44. The summed E-state index contributed by atoms with van der Waals surface area (Å²) in [5, 5.41) is 11.2. The summed E-state index contributed by atoms with van der Waals surface area (Å²) in [5.41, 5.74) is 16.0. The Balaban J connectivity index is 0.000000179. The number of rotatable bonds is 9. The molecule has 4 nitrogen and oxygen atoms in total. The van der Waals surface area contributed by atoms with Gasteiger partial charge in [-0.25, -0.2) is 0 Å². The van der Waals surface area contributed by atoms with Gasteiger partial charge in [-0.1, -0.05) is 112 Å². The predicted molar refractivity (Wildman–Crippen MR) is 245 cm³/mol. The minimum Gasteiger partial charge on any atom is -0.504 e. The van der Waals surface area contributed by atoms with Crippen LogP contribution >= 0.6 is 0 Å². The topological polar surface area (TPSA) is 47.9 Å². The Bertz CT molecular complexity index is 2170. The number of methoxy groups -OCH3 is 1. The van der Waals surface area contributed by atoms with Gasteiger partial charge >= 0.3 is 0 Å². The number of hydrogen-bond acceptors (Lipinski definition) is 4. The van der Waals surface area contributed by atoms with Crippen molar-refractivity contribution in [2.45, 2.75) is 156 Å². The molecule has 0 saturated heterocycles. The summed E-state index contributed by atoms with van der Waals surface area (Å²) in [6, 6.07) is 20.7. The van der Waals surface area contributed by atoms with Gasteiger partial charge in [0.1, 0.15) is 13.2 Å². The van der Waals surface area contributed by atoms with Crippen molar-refractivity contribution in [2.75, 3.05) is 7.11 Å². The van der Waals surface area contributed by atoms with E-state index in [4.69, 9.17) is 14.2 Å². The Morgan fingerprint density at radius 2 is 0.983 bits per heavy atom. The van der Waals surface area contributed by atoms with Crippen molar-refractivity contribution in [3.63, 3.8) is 0 Å². The van der Waals surface area contributed by atoms with E-state index < -0.39 is 0 Å². The Morgan fingerprint density at radius 3 is 1.42 bits per heavy atom. The molecule has 8 rings (SSSR count). The number of phenolic OH excluding ortho intramolecular Hbond substituents is 1. The zero-order chi connectivity index (χ0) is 42.1. The molecule has 0 radical (unpaired) electrons. The zero-order valence-corrected chi connectivity index (χ0v) is 37.9. The lowest BCUT2D eigenvalue weighted by molar-refractivity contribution is 0.266. The van der Waals surface area contributed by atoms with Crippen molar-refractivity contribution in [3.8, 4) is 23.0 Å². The van der Waals surface area contributed by atoms with E-state index in [1.54, 1.807) is 12.7 Å². The van der Waals surface area contributed by atoms with E-state index in [9.17, 15) is 5.11 Å². The lowest BCUT2D eigenvalue weighted by atomic mass is 9.62. The SMILES string of the molecule is CC(C)=C[C@@H]1C[C@H](C)[C@H]2CC[C@H](C)c3c(OCc4ccccc4)c(O)c(C)c1c32.COc1c(C)c2c3c(c1OCc1ccccc1)[C@@H](C)CC[C@@H]3[C@@H](C)C[C@H]2C=C(C)C. The molecule has 4 heteroatoms. The maximum absolute atomic E-state index is 11.2. The van der Waals surface area contributed by atoms with E-state index in [0.717, 1.165) is 28.4 Å². The van der Waals surface area contributed by atoms with Crippen LogP contribution in [0.1, 0.15) is 185 Å². The molecule has 0 fully saturated rings. The van der Waals surface area contributed by atoms with Crippen molar-refractivity contribution < 1.29 is 19.3 Å². The highest BCUT2D eigenvalue weighted by Gasteiger charge is 2.43. The molecule has 4 aliphatic rings. The third kappa shape index (κ3) is 8.48. The van der Waals surface area contributed by atoms with Crippen LogP contribution in [0.2, 0.25) is 0 Å². The van der Waals surface area contributed by atoms with Crippen LogP contribution in [0.4, 0.5) is 0 Å². The molecule has 1 N–H and O–H groups in total. The number of ether oxygens (including phenoxy) is 3. The third-order valence-electron chi connectivity index (χ3n) is 14.2. The molecule has 8 atom stereocenters. The molecule has 0 saturated carbocycles. The Morgan fingerprint density at radius 1 is 0.559 bits per heavy atom.